The second kappa shape index (κ2) is 15.2. The van der Waals surface area contributed by atoms with Gasteiger partial charge in [-0.3, -0.25) is 0 Å². The summed E-state index contributed by atoms with van der Waals surface area (Å²) in [4.78, 5) is 4.68. The molecule has 4 nitrogen and oxygen atoms in total. The highest BCUT2D eigenvalue weighted by Crippen LogP contribution is 2.50. The Morgan fingerprint density at radius 3 is 1.23 bits per heavy atom. The molecule has 0 aliphatic rings. The highest BCUT2D eigenvalue weighted by Gasteiger charge is 2.24. The Morgan fingerprint density at radius 2 is 0.714 bits per heavy atom. The van der Waals surface area contributed by atoms with Gasteiger partial charge >= 0.3 is 0 Å². The van der Waals surface area contributed by atoms with Gasteiger partial charge in [-0.15, -0.1) is 0 Å². The van der Waals surface area contributed by atoms with Gasteiger partial charge in [0.05, 0.1) is 19.9 Å². The summed E-state index contributed by atoms with van der Waals surface area (Å²) in [7, 11) is 3.45. The molecule has 0 N–H and O–H groups in total. The van der Waals surface area contributed by atoms with Crippen molar-refractivity contribution >= 4 is 55.7 Å². The van der Waals surface area contributed by atoms with Crippen molar-refractivity contribution < 1.29 is 9.47 Å². The van der Waals surface area contributed by atoms with E-state index in [0.717, 1.165) is 84.0 Å². The van der Waals surface area contributed by atoms with Crippen LogP contribution in [-0.4, -0.2) is 14.2 Å². The number of benzene rings is 9. The number of rotatable bonds is 10. The number of para-hydroxylation sites is 3. The lowest BCUT2D eigenvalue weighted by atomic mass is 9.85. The molecule has 0 saturated heterocycles. The molecular formula is C52H40N2O2. The number of anilines is 6. The molecule has 0 fully saturated rings. The number of nitrogens with zero attached hydrogens (tertiary/aromatic N) is 2. The molecule has 0 atom stereocenters. The summed E-state index contributed by atoms with van der Waals surface area (Å²) in [6, 6.07) is 72.8. The summed E-state index contributed by atoms with van der Waals surface area (Å²) in [5, 5.41) is 4.61. The summed E-state index contributed by atoms with van der Waals surface area (Å²) in [6.45, 7) is 0. The molecule has 9 aromatic carbocycles. The highest BCUT2D eigenvalue weighted by molar-refractivity contribution is 6.25. The van der Waals surface area contributed by atoms with Crippen molar-refractivity contribution in [2.24, 2.45) is 0 Å². The zero-order valence-electron chi connectivity index (χ0n) is 31.3. The minimum absolute atomic E-state index is 0.811. The van der Waals surface area contributed by atoms with Crippen LogP contribution < -0.4 is 19.3 Å². The van der Waals surface area contributed by atoms with E-state index in [1.165, 1.54) is 5.39 Å². The summed E-state index contributed by atoms with van der Waals surface area (Å²) in [5.74, 6) is 1.63. The second-order valence-electron chi connectivity index (χ2n) is 13.7. The largest absolute Gasteiger partial charge is 0.497 e. The smallest absolute Gasteiger partial charge is 0.119 e. The maximum absolute atomic E-state index is 5.80. The van der Waals surface area contributed by atoms with Gasteiger partial charge in [0.2, 0.25) is 0 Å². The number of hydrogen-bond donors (Lipinski definition) is 0. The average Bonchev–Trinajstić information content (AvgIpc) is 3.27. The van der Waals surface area contributed by atoms with Crippen LogP contribution in [-0.2, 0) is 0 Å². The highest BCUT2D eigenvalue weighted by atomic mass is 16.5. The van der Waals surface area contributed by atoms with E-state index in [9.17, 15) is 0 Å². The predicted octanol–water partition coefficient (Wildman–Crippen LogP) is 14.3. The molecule has 0 heterocycles. The average molecular weight is 725 g/mol. The van der Waals surface area contributed by atoms with Gasteiger partial charge in [0.1, 0.15) is 11.5 Å². The van der Waals surface area contributed by atoms with Gasteiger partial charge in [-0.05, 0) is 129 Å². The Hall–Kier alpha value is -7.30. The van der Waals surface area contributed by atoms with Crippen molar-refractivity contribution in [1.29, 1.82) is 0 Å². The van der Waals surface area contributed by atoms with E-state index in [4.69, 9.17) is 9.47 Å². The van der Waals surface area contributed by atoms with Crippen molar-refractivity contribution in [3.8, 4) is 33.8 Å². The lowest BCUT2D eigenvalue weighted by Gasteiger charge is -2.30. The van der Waals surface area contributed by atoms with Crippen LogP contribution in [0.3, 0.4) is 0 Å². The first kappa shape index (κ1) is 34.5. The van der Waals surface area contributed by atoms with Crippen LogP contribution in [0.25, 0.3) is 43.8 Å². The predicted molar refractivity (Wildman–Crippen MR) is 235 cm³/mol. The molecule has 0 unspecified atom stereocenters. The van der Waals surface area contributed by atoms with Crippen molar-refractivity contribution in [2.75, 3.05) is 24.0 Å². The van der Waals surface area contributed by atoms with Crippen molar-refractivity contribution in [1.82, 2.24) is 0 Å². The summed E-state index contributed by atoms with van der Waals surface area (Å²) < 4.78 is 11.6. The van der Waals surface area contributed by atoms with Crippen LogP contribution in [0.15, 0.2) is 206 Å². The van der Waals surface area contributed by atoms with E-state index in [2.05, 4.69) is 204 Å². The van der Waals surface area contributed by atoms with E-state index in [0.29, 0.717) is 0 Å². The van der Waals surface area contributed by atoms with E-state index < -0.39 is 0 Å². The third-order valence-corrected chi connectivity index (χ3v) is 10.4. The monoisotopic (exact) mass is 724 g/mol. The zero-order chi connectivity index (χ0) is 37.8. The Bertz CT molecular complexity index is 2730. The van der Waals surface area contributed by atoms with Gasteiger partial charge in [-0.2, -0.15) is 0 Å². The topological polar surface area (TPSA) is 24.9 Å². The second-order valence-corrected chi connectivity index (χ2v) is 13.7. The quantitative estimate of drug-likeness (QED) is 0.131. The molecule has 9 rings (SSSR count). The minimum atomic E-state index is 0.811. The fourth-order valence-electron chi connectivity index (χ4n) is 7.92. The number of hydrogen-bond acceptors (Lipinski definition) is 4. The standard InChI is InChI=1S/C52H40N2O2/c1-55-44-25-14-17-37(35-44)50-46-27-12-13-28-47(46)51(38-18-15-26-45(36-38)56-2)52-48(50)29-16-30-49(52)54(41-23-10-5-11-24-41)43-33-31-42(32-34-43)53(39-19-6-3-7-20-39)40-21-8-4-9-22-40/h3-36H,1-2H3. The van der Waals surface area contributed by atoms with Crippen molar-refractivity contribution in [3.63, 3.8) is 0 Å². The molecule has 0 aromatic heterocycles. The van der Waals surface area contributed by atoms with E-state index in [1.54, 1.807) is 14.2 Å². The lowest BCUT2D eigenvalue weighted by molar-refractivity contribution is 0.415. The fourth-order valence-corrected chi connectivity index (χ4v) is 7.92. The summed E-state index contributed by atoms with van der Waals surface area (Å²) >= 11 is 0. The van der Waals surface area contributed by atoms with Gasteiger partial charge in [0.15, 0.2) is 0 Å². The van der Waals surface area contributed by atoms with Gasteiger partial charge in [0.25, 0.3) is 0 Å². The molecule has 0 spiro atoms. The maximum atomic E-state index is 5.80. The normalized spacial score (nSPS) is 11.0. The molecule has 0 aliphatic heterocycles. The molecule has 0 amide bonds. The third-order valence-electron chi connectivity index (χ3n) is 10.4. The summed E-state index contributed by atoms with van der Waals surface area (Å²) in [5.41, 5.74) is 10.9. The molecule has 56 heavy (non-hydrogen) atoms. The Kier molecular flexibility index (Phi) is 9.36. The van der Waals surface area contributed by atoms with E-state index in [-0.39, 0.29) is 0 Å². The van der Waals surface area contributed by atoms with E-state index >= 15 is 0 Å². The van der Waals surface area contributed by atoms with Gasteiger partial charge in [0, 0.05) is 33.8 Å². The third kappa shape index (κ3) is 6.37. The molecule has 4 heteroatoms. The van der Waals surface area contributed by atoms with Crippen molar-refractivity contribution in [2.45, 2.75) is 0 Å². The van der Waals surface area contributed by atoms with Crippen LogP contribution in [0, 0.1) is 0 Å². The molecule has 0 radical (unpaired) electrons. The molecule has 0 aliphatic carbocycles. The van der Waals surface area contributed by atoms with Gasteiger partial charge in [-0.25, -0.2) is 0 Å². The molecule has 0 bridgehead atoms. The van der Waals surface area contributed by atoms with Gasteiger partial charge < -0.3 is 19.3 Å². The maximum Gasteiger partial charge on any atom is 0.119 e. The summed E-state index contributed by atoms with van der Waals surface area (Å²) in [6.07, 6.45) is 0. The van der Waals surface area contributed by atoms with Crippen LogP contribution in [0.2, 0.25) is 0 Å². The number of ether oxygens (including phenoxy) is 2. The van der Waals surface area contributed by atoms with E-state index in [1.807, 2.05) is 12.1 Å². The first-order valence-corrected chi connectivity index (χ1v) is 18.8. The Labute approximate surface area is 328 Å². The Balaban J connectivity index is 1.33. The lowest BCUT2D eigenvalue weighted by Crippen LogP contribution is -2.12. The Morgan fingerprint density at radius 1 is 0.321 bits per heavy atom. The molecule has 0 saturated carbocycles. The fraction of sp³-hybridized carbons (Fsp3) is 0.0385. The molecule has 270 valence electrons. The van der Waals surface area contributed by atoms with Crippen LogP contribution in [0.4, 0.5) is 34.1 Å². The molecular weight excluding hydrogens is 685 g/mol. The number of fused-ring (bicyclic) bond motifs is 2. The molecule has 9 aromatic rings. The van der Waals surface area contributed by atoms with Crippen molar-refractivity contribution in [3.05, 3.63) is 206 Å². The SMILES string of the molecule is COc1cccc(-c2c3ccccc3c(-c3cccc(OC)c3)c3c(N(c4ccccc4)c4ccc(N(c5ccccc5)c5ccccc5)cc4)cccc23)c1. The minimum Gasteiger partial charge on any atom is -0.497 e. The van der Waals surface area contributed by atoms with Crippen LogP contribution >= 0.6 is 0 Å². The zero-order valence-corrected chi connectivity index (χ0v) is 31.3. The van der Waals surface area contributed by atoms with Crippen LogP contribution in [0.5, 0.6) is 11.5 Å². The first-order valence-electron chi connectivity index (χ1n) is 18.8. The first-order chi connectivity index (χ1) is 27.7. The van der Waals surface area contributed by atoms with Gasteiger partial charge in [-0.1, -0.05) is 115 Å². The number of methoxy groups -OCH3 is 2. The van der Waals surface area contributed by atoms with Crippen LogP contribution in [0.1, 0.15) is 0 Å².